The molecule has 1 saturated carbocycles. The van der Waals surface area contributed by atoms with Gasteiger partial charge in [0.2, 0.25) is 0 Å². The van der Waals surface area contributed by atoms with Gasteiger partial charge in [0.1, 0.15) is 0 Å². The normalized spacial score (nSPS) is 29.7. The van der Waals surface area contributed by atoms with Gasteiger partial charge in [-0.15, -0.1) is 5.06 Å². The van der Waals surface area contributed by atoms with Crippen LogP contribution in [0.2, 0.25) is 0 Å². The van der Waals surface area contributed by atoms with Crippen LogP contribution in [0.1, 0.15) is 12.8 Å². The molecule has 1 rings (SSSR count). The summed E-state index contributed by atoms with van der Waals surface area (Å²) in [4.78, 5) is 14.9. The Morgan fingerprint density at radius 2 is 2.27 bits per heavy atom. The molecule has 0 aliphatic heterocycles. The van der Waals surface area contributed by atoms with Crippen LogP contribution in [0.15, 0.2) is 0 Å². The van der Waals surface area contributed by atoms with Gasteiger partial charge in [-0.3, -0.25) is 0 Å². The van der Waals surface area contributed by atoms with Gasteiger partial charge in [-0.1, -0.05) is 0 Å². The van der Waals surface area contributed by atoms with Crippen LogP contribution < -0.4 is 11.5 Å². The SMILES string of the molecule is CN(OC(N)=O)C1CC[C@@H]1N. The van der Waals surface area contributed by atoms with Crippen molar-refractivity contribution in [1.82, 2.24) is 5.06 Å². The van der Waals surface area contributed by atoms with Crippen LogP contribution in [0.25, 0.3) is 0 Å². The van der Waals surface area contributed by atoms with Gasteiger partial charge in [-0.05, 0) is 12.8 Å². The minimum atomic E-state index is -0.786. The van der Waals surface area contributed by atoms with Crippen molar-refractivity contribution >= 4 is 6.09 Å². The second kappa shape index (κ2) is 3.06. The van der Waals surface area contributed by atoms with Gasteiger partial charge in [-0.2, -0.15) is 0 Å². The summed E-state index contributed by atoms with van der Waals surface area (Å²) >= 11 is 0. The number of carbonyl (C=O) groups is 1. The number of nitrogens with two attached hydrogens (primary N) is 2. The van der Waals surface area contributed by atoms with Crippen molar-refractivity contribution in [2.75, 3.05) is 7.05 Å². The largest absolute Gasteiger partial charge is 0.423 e. The molecular weight excluding hydrogens is 146 g/mol. The van der Waals surface area contributed by atoms with Crippen LogP contribution in [-0.2, 0) is 4.84 Å². The summed E-state index contributed by atoms with van der Waals surface area (Å²) in [5.41, 5.74) is 10.4. The summed E-state index contributed by atoms with van der Waals surface area (Å²) < 4.78 is 0. The first-order valence-electron chi connectivity index (χ1n) is 3.57. The van der Waals surface area contributed by atoms with Crippen LogP contribution >= 0.6 is 0 Å². The zero-order valence-electron chi connectivity index (χ0n) is 6.49. The predicted octanol–water partition coefficient (Wildman–Crippen LogP) is -0.582. The molecule has 1 unspecified atom stereocenters. The van der Waals surface area contributed by atoms with Crippen molar-refractivity contribution in [2.24, 2.45) is 11.5 Å². The maximum absolute atomic E-state index is 10.3. The lowest BCUT2D eigenvalue weighted by molar-refractivity contribution is -0.132. The molecule has 0 aromatic rings. The average Bonchev–Trinajstić information content (AvgIpc) is 1.82. The van der Waals surface area contributed by atoms with E-state index in [9.17, 15) is 4.79 Å². The average molecular weight is 159 g/mol. The van der Waals surface area contributed by atoms with Crippen molar-refractivity contribution in [2.45, 2.75) is 24.9 Å². The molecule has 11 heavy (non-hydrogen) atoms. The number of rotatable bonds is 2. The summed E-state index contributed by atoms with van der Waals surface area (Å²) in [6.45, 7) is 0. The fourth-order valence-corrected chi connectivity index (χ4v) is 1.17. The number of primary amides is 1. The lowest BCUT2D eigenvalue weighted by Crippen LogP contribution is -2.54. The zero-order chi connectivity index (χ0) is 8.43. The Kier molecular flexibility index (Phi) is 2.31. The molecule has 0 radical (unpaired) electrons. The highest BCUT2D eigenvalue weighted by molar-refractivity contribution is 5.64. The predicted molar refractivity (Wildman–Crippen MR) is 39.4 cm³/mol. The number of likely N-dealkylation sites (N-methyl/N-ethyl adjacent to an activating group) is 1. The molecule has 1 aliphatic rings. The number of hydrogen-bond acceptors (Lipinski definition) is 4. The molecule has 1 amide bonds. The van der Waals surface area contributed by atoms with Crippen LogP contribution in [-0.4, -0.2) is 30.3 Å². The second-order valence-corrected chi connectivity index (χ2v) is 2.77. The van der Waals surface area contributed by atoms with Gasteiger partial charge < -0.3 is 16.3 Å². The first-order valence-corrected chi connectivity index (χ1v) is 3.57. The number of hydroxylamine groups is 2. The fraction of sp³-hybridized carbons (Fsp3) is 0.833. The van der Waals surface area contributed by atoms with Crippen molar-refractivity contribution in [3.63, 3.8) is 0 Å². The third-order valence-corrected chi connectivity index (χ3v) is 1.99. The molecule has 0 heterocycles. The molecule has 5 nitrogen and oxygen atoms in total. The minimum absolute atomic E-state index is 0.111. The van der Waals surface area contributed by atoms with Gasteiger partial charge in [0.05, 0.1) is 6.04 Å². The molecule has 2 atom stereocenters. The molecule has 0 aromatic heterocycles. The third-order valence-electron chi connectivity index (χ3n) is 1.99. The molecule has 0 bridgehead atoms. The highest BCUT2D eigenvalue weighted by atomic mass is 16.7. The quantitative estimate of drug-likeness (QED) is 0.528. The molecule has 0 saturated heterocycles. The zero-order valence-corrected chi connectivity index (χ0v) is 6.49. The van der Waals surface area contributed by atoms with E-state index in [1.807, 2.05) is 0 Å². The smallest absolute Gasteiger partial charge is 0.351 e. The Morgan fingerprint density at radius 1 is 1.64 bits per heavy atom. The van der Waals surface area contributed by atoms with Crippen LogP contribution in [0.4, 0.5) is 4.79 Å². The Morgan fingerprint density at radius 3 is 2.55 bits per heavy atom. The molecule has 4 N–H and O–H groups in total. The monoisotopic (exact) mass is 159 g/mol. The maximum Gasteiger partial charge on any atom is 0.423 e. The summed E-state index contributed by atoms with van der Waals surface area (Å²) in [7, 11) is 1.66. The maximum atomic E-state index is 10.3. The Bertz CT molecular complexity index is 162. The topological polar surface area (TPSA) is 81.6 Å². The summed E-state index contributed by atoms with van der Waals surface area (Å²) in [5.74, 6) is 0. The molecule has 1 fully saturated rings. The van der Waals surface area contributed by atoms with Crippen LogP contribution in [0, 0.1) is 0 Å². The van der Waals surface area contributed by atoms with E-state index in [2.05, 4.69) is 4.84 Å². The molecule has 1 aliphatic carbocycles. The highest BCUT2D eigenvalue weighted by Gasteiger charge is 2.32. The Balaban J connectivity index is 2.29. The lowest BCUT2D eigenvalue weighted by atomic mass is 9.87. The van der Waals surface area contributed by atoms with E-state index < -0.39 is 6.09 Å². The summed E-state index contributed by atoms with van der Waals surface area (Å²) in [6.07, 6.45) is 1.16. The van der Waals surface area contributed by atoms with E-state index in [4.69, 9.17) is 11.5 Å². The Labute approximate surface area is 65.2 Å². The second-order valence-electron chi connectivity index (χ2n) is 2.77. The van der Waals surface area contributed by atoms with E-state index in [1.165, 1.54) is 5.06 Å². The van der Waals surface area contributed by atoms with Crippen LogP contribution in [0.5, 0.6) is 0 Å². The van der Waals surface area contributed by atoms with Gasteiger partial charge in [0.15, 0.2) is 0 Å². The molecule has 64 valence electrons. The van der Waals surface area contributed by atoms with E-state index in [0.29, 0.717) is 0 Å². The van der Waals surface area contributed by atoms with Crippen molar-refractivity contribution in [3.8, 4) is 0 Å². The van der Waals surface area contributed by atoms with Gasteiger partial charge in [0, 0.05) is 13.1 Å². The molecule has 0 aromatic carbocycles. The standard InChI is InChI=1S/C6H13N3O2/c1-9(11-6(8)10)5-3-2-4(5)7/h4-5H,2-3,7H2,1H3,(H2,8,10)/t4-,5?/m0/s1. The van der Waals surface area contributed by atoms with E-state index in [-0.39, 0.29) is 12.1 Å². The van der Waals surface area contributed by atoms with E-state index in [1.54, 1.807) is 7.05 Å². The minimum Gasteiger partial charge on any atom is -0.351 e. The highest BCUT2D eigenvalue weighted by Crippen LogP contribution is 2.22. The third kappa shape index (κ3) is 1.81. The number of nitrogens with zero attached hydrogens (tertiary/aromatic N) is 1. The van der Waals surface area contributed by atoms with Gasteiger partial charge in [-0.25, -0.2) is 4.79 Å². The molecule has 5 heteroatoms. The molecule has 0 spiro atoms. The first kappa shape index (κ1) is 8.29. The lowest BCUT2D eigenvalue weighted by Gasteiger charge is -2.38. The van der Waals surface area contributed by atoms with Gasteiger partial charge >= 0.3 is 6.09 Å². The van der Waals surface area contributed by atoms with E-state index >= 15 is 0 Å². The van der Waals surface area contributed by atoms with Crippen LogP contribution in [0.3, 0.4) is 0 Å². The number of hydrogen-bond donors (Lipinski definition) is 2. The summed E-state index contributed by atoms with van der Waals surface area (Å²) in [5, 5.41) is 1.43. The van der Waals surface area contributed by atoms with Crippen molar-refractivity contribution in [1.29, 1.82) is 0 Å². The summed E-state index contributed by atoms with van der Waals surface area (Å²) in [6, 6.07) is 0.252. The first-order chi connectivity index (χ1) is 5.11. The van der Waals surface area contributed by atoms with Gasteiger partial charge in [0.25, 0.3) is 0 Å². The number of amides is 1. The fourth-order valence-electron chi connectivity index (χ4n) is 1.17. The Hall–Kier alpha value is -0.810. The number of carbonyl (C=O) groups excluding carboxylic acids is 1. The van der Waals surface area contributed by atoms with E-state index in [0.717, 1.165) is 12.8 Å². The van der Waals surface area contributed by atoms with Crippen molar-refractivity contribution < 1.29 is 9.63 Å². The molecular formula is C6H13N3O2. The van der Waals surface area contributed by atoms with Crippen molar-refractivity contribution in [3.05, 3.63) is 0 Å².